The first-order chi connectivity index (χ1) is 13.1. The molecule has 0 aromatic heterocycles. The summed E-state index contributed by atoms with van der Waals surface area (Å²) < 4.78 is 10.1. The van der Waals surface area contributed by atoms with Crippen molar-refractivity contribution in [2.45, 2.75) is 49.7 Å². The van der Waals surface area contributed by atoms with Gasteiger partial charge in [0.25, 0.3) is 0 Å². The Kier molecular flexibility index (Phi) is 6.60. The maximum absolute atomic E-state index is 13.1. The third-order valence-electron chi connectivity index (χ3n) is 4.82. The van der Waals surface area contributed by atoms with E-state index in [1.807, 2.05) is 30.3 Å². The fraction of sp³-hybridized carbons (Fsp3) is 0.526. The van der Waals surface area contributed by atoms with E-state index in [2.05, 4.69) is 5.32 Å². The van der Waals surface area contributed by atoms with Gasteiger partial charge in [0.15, 0.2) is 0 Å². The standard InChI is InChI=1S/C19H24N2O5S/c1-25-18(23)15-8-5-9-16-21(15)17(22)14(10-11-27-16)20-19(24)26-12-13-6-3-2-4-7-13/h2-4,6-7,14-16H,5,8-12H2,1H3,(H,20,24). The van der Waals surface area contributed by atoms with Gasteiger partial charge in [-0.3, -0.25) is 4.79 Å². The lowest BCUT2D eigenvalue weighted by molar-refractivity contribution is -0.156. The molecule has 3 unspecified atom stereocenters. The van der Waals surface area contributed by atoms with Crippen LogP contribution in [0.2, 0.25) is 0 Å². The zero-order valence-electron chi connectivity index (χ0n) is 15.3. The number of amides is 2. The molecule has 0 radical (unpaired) electrons. The summed E-state index contributed by atoms with van der Waals surface area (Å²) in [6, 6.07) is 8.06. The van der Waals surface area contributed by atoms with Gasteiger partial charge in [-0.1, -0.05) is 30.3 Å². The van der Waals surface area contributed by atoms with Crippen molar-refractivity contribution in [2.75, 3.05) is 12.9 Å². The highest BCUT2D eigenvalue weighted by Crippen LogP contribution is 2.34. The number of nitrogens with zero attached hydrogens (tertiary/aromatic N) is 1. The van der Waals surface area contributed by atoms with E-state index in [4.69, 9.17) is 9.47 Å². The smallest absolute Gasteiger partial charge is 0.408 e. The van der Waals surface area contributed by atoms with Crippen LogP contribution >= 0.6 is 11.8 Å². The molecule has 2 saturated heterocycles. The van der Waals surface area contributed by atoms with Crippen LogP contribution in [0.1, 0.15) is 31.2 Å². The number of carbonyl (C=O) groups is 3. The molecule has 0 saturated carbocycles. The number of carbonyl (C=O) groups excluding carboxylic acids is 3. The molecule has 2 aliphatic heterocycles. The monoisotopic (exact) mass is 392 g/mol. The van der Waals surface area contributed by atoms with Gasteiger partial charge in [0.05, 0.1) is 12.5 Å². The van der Waals surface area contributed by atoms with Crippen LogP contribution in [0, 0.1) is 0 Å². The second-order valence-corrected chi connectivity index (χ2v) is 7.87. The van der Waals surface area contributed by atoms with E-state index in [-0.39, 0.29) is 17.9 Å². The van der Waals surface area contributed by atoms with Gasteiger partial charge < -0.3 is 19.7 Å². The maximum atomic E-state index is 13.1. The summed E-state index contributed by atoms with van der Waals surface area (Å²) in [5, 5.41) is 2.62. The second kappa shape index (κ2) is 9.12. The molecule has 0 aliphatic carbocycles. The van der Waals surface area contributed by atoms with Crippen molar-refractivity contribution in [3.8, 4) is 0 Å². The molecule has 2 amide bonds. The van der Waals surface area contributed by atoms with Gasteiger partial charge >= 0.3 is 12.1 Å². The van der Waals surface area contributed by atoms with Crippen molar-refractivity contribution >= 4 is 29.7 Å². The predicted molar refractivity (Wildman–Crippen MR) is 101 cm³/mol. The van der Waals surface area contributed by atoms with Crippen LogP contribution in [0.15, 0.2) is 30.3 Å². The Labute approximate surface area is 162 Å². The lowest BCUT2D eigenvalue weighted by Gasteiger charge is -2.40. The number of alkyl carbamates (subject to hydrolysis) is 1. The van der Waals surface area contributed by atoms with Gasteiger partial charge in [-0.2, -0.15) is 0 Å². The SMILES string of the molecule is COC(=O)C1CCCC2SCCC(NC(=O)OCc3ccccc3)C(=O)N21. The third-order valence-corrected chi connectivity index (χ3v) is 6.14. The van der Waals surface area contributed by atoms with E-state index in [9.17, 15) is 14.4 Å². The number of benzene rings is 1. The predicted octanol–water partition coefficient (Wildman–Crippen LogP) is 2.30. The van der Waals surface area contributed by atoms with Crippen molar-refractivity contribution in [3.63, 3.8) is 0 Å². The molecule has 1 N–H and O–H groups in total. The Morgan fingerprint density at radius 1 is 1.22 bits per heavy atom. The molecule has 2 aliphatic rings. The molecule has 7 nitrogen and oxygen atoms in total. The Morgan fingerprint density at radius 3 is 2.74 bits per heavy atom. The van der Waals surface area contributed by atoms with Crippen molar-refractivity contribution in [1.29, 1.82) is 0 Å². The van der Waals surface area contributed by atoms with Crippen LogP contribution in [0.5, 0.6) is 0 Å². The van der Waals surface area contributed by atoms with Gasteiger partial charge in [0.2, 0.25) is 5.91 Å². The molecule has 1 aromatic rings. The second-order valence-electron chi connectivity index (χ2n) is 6.59. The molecule has 2 fully saturated rings. The molecule has 0 bridgehead atoms. The summed E-state index contributed by atoms with van der Waals surface area (Å²) >= 11 is 1.65. The minimum absolute atomic E-state index is 0.0533. The molecular weight excluding hydrogens is 368 g/mol. The largest absolute Gasteiger partial charge is 0.467 e. The van der Waals surface area contributed by atoms with Crippen molar-refractivity contribution in [2.24, 2.45) is 0 Å². The zero-order valence-corrected chi connectivity index (χ0v) is 16.1. The van der Waals surface area contributed by atoms with Crippen molar-refractivity contribution in [3.05, 3.63) is 35.9 Å². The summed E-state index contributed by atoms with van der Waals surface area (Å²) in [5.74, 6) is 0.0856. The first kappa shape index (κ1) is 19.5. The van der Waals surface area contributed by atoms with Gasteiger partial charge in [0, 0.05) is 0 Å². The summed E-state index contributed by atoms with van der Waals surface area (Å²) in [6.45, 7) is 0.138. The number of hydrogen-bond donors (Lipinski definition) is 1. The average Bonchev–Trinajstić information content (AvgIpc) is 2.85. The molecule has 1 aromatic carbocycles. The number of thioether (sulfide) groups is 1. The fourth-order valence-corrected chi connectivity index (χ4v) is 4.85. The van der Waals surface area contributed by atoms with Crippen LogP contribution in [-0.2, 0) is 25.7 Å². The number of hydrogen-bond acceptors (Lipinski definition) is 6. The molecule has 8 heteroatoms. The highest BCUT2D eigenvalue weighted by Gasteiger charge is 2.43. The van der Waals surface area contributed by atoms with E-state index in [0.717, 1.165) is 24.2 Å². The number of nitrogens with one attached hydrogen (secondary N) is 1. The fourth-order valence-electron chi connectivity index (χ4n) is 3.46. The Hall–Kier alpha value is -2.22. The minimum Gasteiger partial charge on any atom is -0.467 e. The van der Waals surface area contributed by atoms with Crippen LogP contribution in [0.3, 0.4) is 0 Å². The van der Waals surface area contributed by atoms with Crippen molar-refractivity contribution in [1.82, 2.24) is 10.2 Å². The molecule has 2 heterocycles. The topological polar surface area (TPSA) is 84.9 Å². The number of fused-ring (bicyclic) bond motifs is 1. The summed E-state index contributed by atoms with van der Waals surface area (Å²) in [5.41, 5.74) is 0.872. The van der Waals surface area contributed by atoms with Crippen LogP contribution in [-0.4, -0.2) is 53.2 Å². The average molecular weight is 392 g/mol. The molecule has 146 valence electrons. The first-order valence-corrected chi connectivity index (χ1v) is 10.1. The van der Waals surface area contributed by atoms with E-state index in [1.54, 1.807) is 16.7 Å². The molecule has 3 atom stereocenters. The molecule has 3 rings (SSSR count). The highest BCUT2D eigenvalue weighted by atomic mass is 32.2. The number of esters is 1. The first-order valence-electron chi connectivity index (χ1n) is 9.09. The Morgan fingerprint density at radius 2 is 2.00 bits per heavy atom. The van der Waals surface area contributed by atoms with E-state index in [1.165, 1.54) is 7.11 Å². The summed E-state index contributed by atoms with van der Waals surface area (Å²) in [7, 11) is 1.33. The normalized spacial score (nSPS) is 25.1. The van der Waals surface area contributed by atoms with Crippen molar-refractivity contribution < 1.29 is 23.9 Å². The lowest BCUT2D eigenvalue weighted by Crippen LogP contribution is -2.57. The Balaban J connectivity index is 1.64. The van der Waals surface area contributed by atoms with E-state index < -0.39 is 24.1 Å². The zero-order chi connectivity index (χ0) is 19.2. The molecule has 27 heavy (non-hydrogen) atoms. The van der Waals surface area contributed by atoms with E-state index >= 15 is 0 Å². The van der Waals surface area contributed by atoms with Crippen LogP contribution < -0.4 is 5.32 Å². The number of rotatable bonds is 4. The number of ether oxygens (including phenoxy) is 2. The third kappa shape index (κ3) is 4.74. The minimum atomic E-state index is -0.698. The quantitative estimate of drug-likeness (QED) is 0.792. The molecule has 0 spiro atoms. The van der Waals surface area contributed by atoms with Crippen LogP contribution in [0.4, 0.5) is 4.79 Å². The van der Waals surface area contributed by atoms with Crippen LogP contribution in [0.25, 0.3) is 0 Å². The van der Waals surface area contributed by atoms with Gasteiger partial charge in [-0.05, 0) is 37.0 Å². The van der Waals surface area contributed by atoms with E-state index in [0.29, 0.717) is 12.8 Å². The van der Waals surface area contributed by atoms with Gasteiger partial charge in [-0.15, -0.1) is 11.8 Å². The summed E-state index contributed by atoms with van der Waals surface area (Å²) in [6.07, 6.45) is 2.17. The van der Waals surface area contributed by atoms with Gasteiger partial charge in [0.1, 0.15) is 18.7 Å². The summed E-state index contributed by atoms with van der Waals surface area (Å²) in [4.78, 5) is 39.0. The number of methoxy groups -OCH3 is 1. The lowest BCUT2D eigenvalue weighted by atomic mass is 10.0. The highest BCUT2D eigenvalue weighted by molar-refractivity contribution is 7.99. The van der Waals surface area contributed by atoms with Gasteiger partial charge in [-0.25, -0.2) is 9.59 Å². The maximum Gasteiger partial charge on any atom is 0.408 e. The Bertz CT molecular complexity index is 684. The molecular formula is C19H24N2O5S. The number of piperidine rings is 1.